The summed E-state index contributed by atoms with van der Waals surface area (Å²) in [5, 5.41) is 2.98. The zero-order chi connectivity index (χ0) is 11.7. The molecule has 5 heteroatoms. The van der Waals surface area contributed by atoms with Crippen molar-refractivity contribution < 1.29 is 4.79 Å². The molecule has 1 aromatic heterocycles. The molecule has 0 bridgehead atoms. The lowest BCUT2D eigenvalue weighted by atomic mass is 10.2. The van der Waals surface area contributed by atoms with Gasteiger partial charge in [0.15, 0.2) is 0 Å². The molecule has 1 aliphatic rings. The smallest absolute Gasteiger partial charge is 0.243 e. The third kappa shape index (κ3) is 2.24. The average Bonchev–Trinajstić information content (AvgIpc) is 2.91. The topological polar surface area (TPSA) is 72.9 Å². The standard InChI is InChI=1S/C11H18N4O/c1-7(12)10-5-13-6-15(10)8(2)11(16)14-9-3-4-9/h5-9H,3-4,12H2,1-2H3,(H,14,16). The highest BCUT2D eigenvalue weighted by Crippen LogP contribution is 2.21. The number of imidazole rings is 1. The Labute approximate surface area is 95.0 Å². The van der Waals surface area contributed by atoms with Crippen LogP contribution in [0.25, 0.3) is 0 Å². The quantitative estimate of drug-likeness (QED) is 0.789. The Bertz CT molecular complexity index is 381. The number of nitrogens with one attached hydrogen (secondary N) is 1. The van der Waals surface area contributed by atoms with Crippen LogP contribution in [0.1, 0.15) is 44.5 Å². The fourth-order valence-corrected chi connectivity index (χ4v) is 1.67. The van der Waals surface area contributed by atoms with Gasteiger partial charge in [-0.3, -0.25) is 4.79 Å². The molecule has 1 heterocycles. The maximum absolute atomic E-state index is 11.9. The summed E-state index contributed by atoms with van der Waals surface area (Å²) >= 11 is 0. The van der Waals surface area contributed by atoms with Crippen LogP contribution in [0.2, 0.25) is 0 Å². The molecule has 88 valence electrons. The van der Waals surface area contributed by atoms with E-state index in [1.54, 1.807) is 12.5 Å². The van der Waals surface area contributed by atoms with E-state index in [-0.39, 0.29) is 18.0 Å². The first-order chi connectivity index (χ1) is 7.59. The van der Waals surface area contributed by atoms with Crippen LogP contribution in [0, 0.1) is 0 Å². The van der Waals surface area contributed by atoms with Crippen molar-refractivity contribution in [1.29, 1.82) is 0 Å². The van der Waals surface area contributed by atoms with E-state index in [1.165, 1.54) is 0 Å². The van der Waals surface area contributed by atoms with Gasteiger partial charge in [0.25, 0.3) is 0 Å². The Morgan fingerprint density at radius 2 is 2.31 bits per heavy atom. The number of hydrogen-bond acceptors (Lipinski definition) is 3. The molecule has 2 unspecified atom stereocenters. The summed E-state index contributed by atoms with van der Waals surface area (Å²) < 4.78 is 1.84. The Balaban J connectivity index is 2.09. The Morgan fingerprint density at radius 3 is 2.88 bits per heavy atom. The number of rotatable bonds is 4. The van der Waals surface area contributed by atoms with Crippen LogP contribution in [0.3, 0.4) is 0 Å². The van der Waals surface area contributed by atoms with Crippen molar-refractivity contribution in [2.24, 2.45) is 5.73 Å². The summed E-state index contributed by atoms with van der Waals surface area (Å²) in [5.74, 6) is 0.0439. The monoisotopic (exact) mass is 222 g/mol. The SMILES string of the molecule is CC(N)c1cncn1C(C)C(=O)NC1CC1. The van der Waals surface area contributed by atoms with Gasteiger partial charge in [-0.05, 0) is 26.7 Å². The predicted molar refractivity (Wildman–Crippen MR) is 60.7 cm³/mol. The van der Waals surface area contributed by atoms with Crippen LogP contribution >= 0.6 is 0 Å². The lowest BCUT2D eigenvalue weighted by molar-refractivity contribution is -0.124. The van der Waals surface area contributed by atoms with Crippen LogP contribution in [0.5, 0.6) is 0 Å². The van der Waals surface area contributed by atoms with E-state index in [0.717, 1.165) is 18.5 Å². The first kappa shape index (κ1) is 11.1. The Kier molecular flexibility index (Phi) is 2.96. The first-order valence-corrected chi connectivity index (χ1v) is 5.67. The van der Waals surface area contributed by atoms with E-state index in [0.29, 0.717) is 6.04 Å². The van der Waals surface area contributed by atoms with Crippen molar-refractivity contribution in [2.75, 3.05) is 0 Å². The summed E-state index contributed by atoms with van der Waals surface area (Å²) in [6.45, 7) is 3.75. The molecule has 2 rings (SSSR count). The van der Waals surface area contributed by atoms with Gasteiger partial charge in [0.05, 0.1) is 12.0 Å². The molecule has 1 saturated carbocycles. The highest BCUT2D eigenvalue weighted by molar-refractivity contribution is 5.80. The van der Waals surface area contributed by atoms with Crippen molar-refractivity contribution in [3.05, 3.63) is 18.2 Å². The maximum atomic E-state index is 11.9. The van der Waals surface area contributed by atoms with Crippen molar-refractivity contribution in [2.45, 2.75) is 44.8 Å². The number of nitrogens with two attached hydrogens (primary N) is 1. The molecule has 1 amide bonds. The molecule has 1 aliphatic carbocycles. The Hall–Kier alpha value is -1.36. The van der Waals surface area contributed by atoms with Gasteiger partial charge in [-0.25, -0.2) is 4.98 Å². The highest BCUT2D eigenvalue weighted by atomic mass is 16.2. The molecular weight excluding hydrogens is 204 g/mol. The van der Waals surface area contributed by atoms with Gasteiger partial charge >= 0.3 is 0 Å². The van der Waals surface area contributed by atoms with E-state index in [4.69, 9.17) is 5.73 Å². The zero-order valence-corrected chi connectivity index (χ0v) is 9.68. The molecule has 16 heavy (non-hydrogen) atoms. The fraction of sp³-hybridized carbons (Fsp3) is 0.636. The molecule has 3 N–H and O–H groups in total. The molecule has 0 radical (unpaired) electrons. The number of hydrogen-bond donors (Lipinski definition) is 2. The molecule has 5 nitrogen and oxygen atoms in total. The number of nitrogens with zero attached hydrogens (tertiary/aromatic N) is 2. The molecule has 0 aliphatic heterocycles. The lowest BCUT2D eigenvalue weighted by Gasteiger charge is -2.17. The fourth-order valence-electron chi connectivity index (χ4n) is 1.67. The van der Waals surface area contributed by atoms with E-state index < -0.39 is 0 Å². The number of amides is 1. The van der Waals surface area contributed by atoms with Crippen LogP contribution in [-0.2, 0) is 4.79 Å². The molecule has 0 aromatic carbocycles. The second-order valence-corrected chi connectivity index (χ2v) is 4.47. The van der Waals surface area contributed by atoms with E-state index in [1.807, 2.05) is 18.4 Å². The van der Waals surface area contributed by atoms with Crippen LogP contribution in [0.4, 0.5) is 0 Å². The summed E-state index contributed by atoms with van der Waals surface area (Å²) in [7, 11) is 0. The number of carbonyl (C=O) groups excluding carboxylic acids is 1. The largest absolute Gasteiger partial charge is 0.352 e. The number of carbonyl (C=O) groups is 1. The molecule has 0 saturated heterocycles. The predicted octanol–water partition coefficient (Wildman–Crippen LogP) is 0.742. The lowest BCUT2D eigenvalue weighted by Crippen LogP contribution is -2.33. The third-order valence-electron chi connectivity index (χ3n) is 2.88. The van der Waals surface area contributed by atoms with E-state index in [9.17, 15) is 4.79 Å². The Morgan fingerprint density at radius 1 is 1.62 bits per heavy atom. The normalized spacial score (nSPS) is 19.2. The summed E-state index contributed by atoms with van der Waals surface area (Å²) in [5.41, 5.74) is 6.71. The van der Waals surface area contributed by atoms with Crippen molar-refractivity contribution >= 4 is 5.91 Å². The van der Waals surface area contributed by atoms with Crippen LogP contribution in [0.15, 0.2) is 12.5 Å². The van der Waals surface area contributed by atoms with Gasteiger partial charge in [-0.15, -0.1) is 0 Å². The van der Waals surface area contributed by atoms with Crippen molar-refractivity contribution in [1.82, 2.24) is 14.9 Å². The maximum Gasteiger partial charge on any atom is 0.243 e. The minimum Gasteiger partial charge on any atom is -0.352 e. The van der Waals surface area contributed by atoms with Crippen molar-refractivity contribution in [3.8, 4) is 0 Å². The van der Waals surface area contributed by atoms with E-state index in [2.05, 4.69) is 10.3 Å². The van der Waals surface area contributed by atoms with Crippen LogP contribution < -0.4 is 11.1 Å². The van der Waals surface area contributed by atoms with Gasteiger partial charge in [0.1, 0.15) is 6.04 Å². The minimum atomic E-state index is -0.246. The average molecular weight is 222 g/mol. The second kappa shape index (κ2) is 4.25. The third-order valence-corrected chi connectivity index (χ3v) is 2.88. The zero-order valence-electron chi connectivity index (χ0n) is 9.68. The summed E-state index contributed by atoms with van der Waals surface area (Å²) in [6, 6.07) is 0.0278. The minimum absolute atomic E-state index is 0.0439. The molecule has 2 atom stereocenters. The van der Waals surface area contributed by atoms with Gasteiger partial charge in [-0.1, -0.05) is 0 Å². The van der Waals surface area contributed by atoms with Gasteiger partial charge in [-0.2, -0.15) is 0 Å². The van der Waals surface area contributed by atoms with Crippen molar-refractivity contribution in [3.63, 3.8) is 0 Å². The van der Waals surface area contributed by atoms with Gasteiger partial charge in [0, 0.05) is 18.3 Å². The molecular formula is C11H18N4O. The van der Waals surface area contributed by atoms with Crippen LogP contribution in [-0.4, -0.2) is 21.5 Å². The molecule has 1 aromatic rings. The summed E-state index contributed by atoms with van der Waals surface area (Å²) in [6.07, 6.45) is 5.58. The van der Waals surface area contributed by atoms with Gasteiger partial charge < -0.3 is 15.6 Å². The second-order valence-electron chi connectivity index (χ2n) is 4.47. The number of aromatic nitrogens is 2. The molecule has 1 fully saturated rings. The first-order valence-electron chi connectivity index (χ1n) is 5.67. The van der Waals surface area contributed by atoms with Gasteiger partial charge in [0.2, 0.25) is 5.91 Å². The highest BCUT2D eigenvalue weighted by Gasteiger charge is 2.27. The summed E-state index contributed by atoms with van der Waals surface area (Å²) in [4.78, 5) is 15.9. The molecule has 0 spiro atoms. The van der Waals surface area contributed by atoms with E-state index >= 15 is 0 Å².